The number of nitrogens with zero attached hydrogens (tertiary/aromatic N) is 1. The molecule has 2 aliphatic rings. The Morgan fingerprint density at radius 2 is 2.05 bits per heavy atom. The van der Waals surface area contributed by atoms with E-state index in [9.17, 15) is 4.79 Å². The first-order chi connectivity index (χ1) is 9.54. The van der Waals surface area contributed by atoms with Gasteiger partial charge in [-0.05, 0) is 49.3 Å². The molecule has 108 valence electrons. The third kappa shape index (κ3) is 2.74. The zero-order chi connectivity index (χ0) is 14.3. The molecule has 0 spiro atoms. The van der Waals surface area contributed by atoms with Crippen LogP contribution >= 0.6 is 27.5 Å². The second-order valence-electron chi connectivity index (χ2n) is 5.93. The molecule has 20 heavy (non-hydrogen) atoms. The van der Waals surface area contributed by atoms with Gasteiger partial charge in [0.1, 0.15) is 0 Å². The minimum atomic E-state index is 0.0410. The number of fused-ring (bicyclic) bond motifs is 1. The van der Waals surface area contributed by atoms with Crippen LogP contribution in [0.2, 0.25) is 5.02 Å². The minimum absolute atomic E-state index is 0.0410. The highest BCUT2D eigenvalue weighted by molar-refractivity contribution is 9.10. The Morgan fingerprint density at radius 1 is 1.30 bits per heavy atom. The van der Waals surface area contributed by atoms with E-state index in [0.717, 1.165) is 36.8 Å². The summed E-state index contributed by atoms with van der Waals surface area (Å²) >= 11 is 9.55. The van der Waals surface area contributed by atoms with Crippen molar-refractivity contribution >= 4 is 33.4 Å². The number of likely N-dealkylation sites (tertiary alicyclic amines) is 1. The Bertz CT molecular complexity index is 537. The zero-order valence-electron chi connectivity index (χ0n) is 11.2. The fourth-order valence-electron chi connectivity index (χ4n) is 3.47. The van der Waals surface area contributed by atoms with Gasteiger partial charge in [-0.3, -0.25) is 4.79 Å². The number of carbonyl (C=O) groups excluding carboxylic acids is 1. The Morgan fingerprint density at radius 3 is 2.85 bits per heavy atom. The van der Waals surface area contributed by atoms with Crippen LogP contribution in [0.5, 0.6) is 0 Å². The normalized spacial score (nSPS) is 29.4. The number of carbonyl (C=O) groups is 1. The number of hydrogen-bond donors (Lipinski definition) is 1. The van der Waals surface area contributed by atoms with Crippen LogP contribution in [-0.4, -0.2) is 29.9 Å². The molecule has 3 rings (SSSR count). The quantitative estimate of drug-likeness (QED) is 0.838. The van der Waals surface area contributed by atoms with E-state index in [4.69, 9.17) is 17.3 Å². The molecule has 0 radical (unpaired) electrons. The minimum Gasteiger partial charge on any atom is -0.338 e. The van der Waals surface area contributed by atoms with E-state index in [1.54, 1.807) is 12.1 Å². The van der Waals surface area contributed by atoms with Crippen LogP contribution in [-0.2, 0) is 0 Å². The number of hydrogen-bond acceptors (Lipinski definition) is 2. The van der Waals surface area contributed by atoms with E-state index in [1.807, 2.05) is 11.0 Å². The van der Waals surface area contributed by atoms with Gasteiger partial charge in [-0.2, -0.15) is 0 Å². The van der Waals surface area contributed by atoms with Gasteiger partial charge in [0.2, 0.25) is 0 Å². The first-order valence-corrected chi connectivity index (χ1v) is 8.21. The molecule has 1 aromatic carbocycles. The average molecular weight is 358 g/mol. The lowest BCUT2D eigenvalue weighted by atomic mass is 9.79. The van der Waals surface area contributed by atoms with Crippen LogP contribution in [0.3, 0.4) is 0 Å². The summed E-state index contributed by atoms with van der Waals surface area (Å²) in [5, 5.41) is 0.518. The highest BCUT2D eigenvalue weighted by atomic mass is 79.9. The van der Waals surface area contributed by atoms with Gasteiger partial charge < -0.3 is 10.6 Å². The maximum atomic E-state index is 12.6. The zero-order valence-corrected chi connectivity index (χ0v) is 13.5. The van der Waals surface area contributed by atoms with Crippen LogP contribution in [0, 0.1) is 11.8 Å². The maximum Gasteiger partial charge on any atom is 0.255 e. The first-order valence-electron chi connectivity index (χ1n) is 7.04. The molecule has 1 saturated heterocycles. The van der Waals surface area contributed by atoms with Gasteiger partial charge in [-0.15, -0.1) is 0 Å². The maximum absolute atomic E-state index is 12.6. The van der Waals surface area contributed by atoms with Gasteiger partial charge in [0.15, 0.2) is 0 Å². The number of halogens is 2. The van der Waals surface area contributed by atoms with Crippen molar-refractivity contribution in [2.75, 3.05) is 13.1 Å². The molecule has 0 aromatic heterocycles. The Hall–Kier alpha value is -0.580. The van der Waals surface area contributed by atoms with E-state index in [2.05, 4.69) is 15.9 Å². The largest absolute Gasteiger partial charge is 0.338 e. The van der Waals surface area contributed by atoms with Crippen molar-refractivity contribution < 1.29 is 4.79 Å². The van der Waals surface area contributed by atoms with Gasteiger partial charge in [-0.1, -0.05) is 27.5 Å². The predicted octanol–water partition coefficient (Wildman–Crippen LogP) is 3.30. The monoisotopic (exact) mass is 356 g/mol. The molecule has 0 bridgehead atoms. The summed E-state index contributed by atoms with van der Waals surface area (Å²) in [7, 11) is 0. The molecular weight excluding hydrogens is 340 g/mol. The number of rotatable bonds is 1. The standard InChI is InChI=1S/C15H18BrClN2O/c16-11-2-4-14(17)13(6-11)15(20)19-7-9-1-3-12(18)5-10(9)8-19/h2,4,6,9-10,12H,1,3,5,7-8,18H2/t9-,10+,12?/m1/s1. The van der Waals surface area contributed by atoms with E-state index in [0.29, 0.717) is 28.5 Å². The third-order valence-electron chi connectivity index (χ3n) is 4.54. The summed E-state index contributed by atoms with van der Waals surface area (Å²) in [6.45, 7) is 1.67. The molecule has 1 aromatic rings. The van der Waals surface area contributed by atoms with Crippen molar-refractivity contribution in [3.8, 4) is 0 Å². The molecule has 1 unspecified atom stereocenters. The van der Waals surface area contributed by atoms with Crippen LogP contribution < -0.4 is 5.73 Å². The van der Waals surface area contributed by atoms with Crippen LogP contribution in [0.4, 0.5) is 0 Å². The predicted molar refractivity (Wildman–Crippen MR) is 83.9 cm³/mol. The summed E-state index contributed by atoms with van der Waals surface area (Å²) in [4.78, 5) is 14.6. The fraction of sp³-hybridized carbons (Fsp3) is 0.533. The molecule has 1 aliphatic heterocycles. The second kappa shape index (κ2) is 5.66. The molecule has 1 aliphatic carbocycles. The second-order valence-corrected chi connectivity index (χ2v) is 7.25. The summed E-state index contributed by atoms with van der Waals surface area (Å²) in [6.07, 6.45) is 3.27. The van der Waals surface area contributed by atoms with Crippen LogP contribution in [0.15, 0.2) is 22.7 Å². The SMILES string of the molecule is NC1CC[C@@H]2CN(C(=O)c3cc(Br)ccc3Cl)C[C@@H]2C1. The van der Waals surface area contributed by atoms with Crippen LogP contribution in [0.25, 0.3) is 0 Å². The van der Waals surface area contributed by atoms with Crippen molar-refractivity contribution in [3.05, 3.63) is 33.3 Å². The van der Waals surface area contributed by atoms with Gasteiger partial charge >= 0.3 is 0 Å². The van der Waals surface area contributed by atoms with Crippen molar-refractivity contribution in [1.29, 1.82) is 0 Å². The molecule has 3 nitrogen and oxygen atoms in total. The van der Waals surface area contributed by atoms with E-state index in [1.165, 1.54) is 0 Å². The highest BCUT2D eigenvalue weighted by Crippen LogP contribution is 2.36. The van der Waals surface area contributed by atoms with Crippen molar-refractivity contribution in [2.24, 2.45) is 17.6 Å². The molecule has 3 atom stereocenters. The van der Waals surface area contributed by atoms with Gasteiger partial charge in [0, 0.05) is 23.6 Å². The molecule has 2 fully saturated rings. The summed E-state index contributed by atoms with van der Waals surface area (Å²) < 4.78 is 0.879. The van der Waals surface area contributed by atoms with Gasteiger partial charge in [0.25, 0.3) is 5.91 Å². The smallest absolute Gasteiger partial charge is 0.255 e. The fourth-order valence-corrected chi connectivity index (χ4v) is 4.02. The Kier molecular flexibility index (Phi) is 4.07. The van der Waals surface area contributed by atoms with E-state index >= 15 is 0 Å². The Labute approximate surface area is 132 Å². The van der Waals surface area contributed by atoms with E-state index < -0.39 is 0 Å². The van der Waals surface area contributed by atoms with E-state index in [-0.39, 0.29) is 5.91 Å². The number of nitrogens with two attached hydrogens (primary N) is 1. The summed E-state index contributed by atoms with van der Waals surface area (Å²) in [5.41, 5.74) is 6.62. The van der Waals surface area contributed by atoms with Crippen molar-refractivity contribution in [3.63, 3.8) is 0 Å². The van der Waals surface area contributed by atoms with Crippen molar-refractivity contribution in [1.82, 2.24) is 4.90 Å². The molecule has 2 N–H and O–H groups in total. The molecule has 1 amide bonds. The lowest BCUT2D eigenvalue weighted by molar-refractivity contribution is 0.0784. The van der Waals surface area contributed by atoms with Gasteiger partial charge in [0.05, 0.1) is 10.6 Å². The highest BCUT2D eigenvalue weighted by Gasteiger charge is 2.39. The van der Waals surface area contributed by atoms with Gasteiger partial charge in [-0.25, -0.2) is 0 Å². The Balaban J connectivity index is 1.77. The van der Waals surface area contributed by atoms with Crippen molar-refractivity contribution in [2.45, 2.75) is 25.3 Å². The lowest BCUT2D eigenvalue weighted by Crippen LogP contribution is -2.32. The molecule has 5 heteroatoms. The average Bonchev–Trinajstić information content (AvgIpc) is 2.83. The molecule has 1 saturated carbocycles. The van der Waals surface area contributed by atoms with Crippen LogP contribution in [0.1, 0.15) is 29.6 Å². The number of amides is 1. The first kappa shape index (κ1) is 14.4. The molecular formula is C15H18BrClN2O. The third-order valence-corrected chi connectivity index (χ3v) is 5.36. The number of benzene rings is 1. The topological polar surface area (TPSA) is 46.3 Å². The molecule has 1 heterocycles. The summed E-state index contributed by atoms with van der Waals surface area (Å²) in [5.74, 6) is 1.22. The lowest BCUT2D eigenvalue weighted by Gasteiger charge is -2.27. The summed E-state index contributed by atoms with van der Waals surface area (Å²) in [6, 6.07) is 5.72.